The van der Waals surface area contributed by atoms with E-state index in [1.807, 2.05) is 72.8 Å². The van der Waals surface area contributed by atoms with E-state index in [9.17, 15) is 5.26 Å². The first-order chi connectivity index (χ1) is 27.9. The highest BCUT2D eigenvalue weighted by atomic mass is 28.3. The van der Waals surface area contributed by atoms with Crippen LogP contribution >= 0.6 is 0 Å². The van der Waals surface area contributed by atoms with Crippen molar-refractivity contribution in [3.8, 4) is 45.9 Å². The summed E-state index contributed by atoms with van der Waals surface area (Å²) < 4.78 is 2.16. The van der Waals surface area contributed by atoms with Crippen molar-refractivity contribution in [2.75, 3.05) is 4.90 Å². The van der Waals surface area contributed by atoms with Gasteiger partial charge >= 0.3 is 0 Å². The number of nitriles is 1. The topological polar surface area (TPSA) is 75.0 Å². The van der Waals surface area contributed by atoms with Crippen molar-refractivity contribution >= 4 is 63.0 Å². The Kier molecular flexibility index (Phi) is 7.89. The van der Waals surface area contributed by atoms with Crippen LogP contribution in [-0.2, 0) is 0 Å². The third-order valence-electron chi connectivity index (χ3n) is 11.1. The maximum Gasteiger partial charge on any atom is 0.200 e. The van der Waals surface area contributed by atoms with Crippen LogP contribution in [0.25, 0.3) is 66.5 Å². The largest absolute Gasteiger partial charge is 0.311 e. The first kappa shape index (κ1) is 33.9. The van der Waals surface area contributed by atoms with Gasteiger partial charge in [0.1, 0.15) is 14.1 Å². The van der Waals surface area contributed by atoms with Gasteiger partial charge in [0.05, 0.1) is 28.9 Å². The number of benzene rings is 7. The normalized spacial score (nSPS) is 12.8. The minimum atomic E-state index is -2.25. The molecule has 0 aliphatic carbocycles. The van der Waals surface area contributed by atoms with Crippen LogP contribution in [0.3, 0.4) is 0 Å². The fourth-order valence-electron chi connectivity index (χ4n) is 8.33. The fraction of sp³-hybridized carbons (Fsp3) is 0.0408. The monoisotopic (exact) mass is 747 g/mol. The zero-order chi connectivity index (χ0) is 38.7. The molecule has 7 aromatic carbocycles. The van der Waals surface area contributed by atoms with Gasteiger partial charge in [0, 0.05) is 44.5 Å². The van der Waals surface area contributed by atoms with Crippen LogP contribution in [0.15, 0.2) is 164 Å². The van der Waals surface area contributed by atoms with E-state index in [1.165, 1.54) is 21.7 Å². The molecular formula is C49H33N7Si. The molecule has 0 fully saturated rings. The quantitative estimate of drug-likeness (QED) is 0.129. The van der Waals surface area contributed by atoms with Gasteiger partial charge in [0.15, 0.2) is 23.2 Å². The number of fused-ring (bicyclic) bond motifs is 5. The van der Waals surface area contributed by atoms with Gasteiger partial charge < -0.3 is 9.47 Å². The Balaban J connectivity index is 1.22. The van der Waals surface area contributed by atoms with Crippen LogP contribution in [0.5, 0.6) is 0 Å². The summed E-state index contributed by atoms with van der Waals surface area (Å²) in [5, 5.41) is 15.7. The Morgan fingerprint density at radius 3 is 1.82 bits per heavy atom. The van der Waals surface area contributed by atoms with Crippen LogP contribution in [-0.4, -0.2) is 27.6 Å². The highest BCUT2D eigenvalue weighted by molar-refractivity contribution is 7.02. The van der Waals surface area contributed by atoms with Crippen molar-refractivity contribution in [1.29, 1.82) is 5.26 Å². The smallest absolute Gasteiger partial charge is 0.200 e. The Hall–Kier alpha value is -7.65. The molecule has 57 heavy (non-hydrogen) atoms. The number of aromatic nitrogens is 4. The minimum absolute atomic E-state index is 0.334. The van der Waals surface area contributed by atoms with E-state index in [0.717, 1.165) is 38.6 Å². The van der Waals surface area contributed by atoms with Crippen LogP contribution in [0, 0.1) is 17.9 Å². The summed E-state index contributed by atoms with van der Waals surface area (Å²) in [4.78, 5) is 21.1. The van der Waals surface area contributed by atoms with Crippen LogP contribution in [0.1, 0.15) is 5.56 Å². The molecule has 268 valence electrons. The molecule has 8 heteroatoms. The summed E-state index contributed by atoms with van der Waals surface area (Å²) in [6, 6.07) is 57.9. The molecule has 0 unspecified atom stereocenters. The highest BCUT2D eigenvalue weighted by Crippen LogP contribution is 2.43. The molecular weight excluding hydrogens is 715 g/mol. The average molecular weight is 748 g/mol. The highest BCUT2D eigenvalue weighted by Gasteiger charge is 2.39. The Bertz CT molecular complexity index is 3070. The van der Waals surface area contributed by atoms with E-state index in [4.69, 9.17) is 21.5 Å². The molecule has 0 atom stereocenters. The van der Waals surface area contributed by atoms with E-state index in [1.54, 1.807) is 6.07 Å². The number of hydrogen-bond acceptors (Lipinski definition) is 5. The van der Waals surface area contributed by atoms with Gasteiger partial charge in [-0.1, -0.05) is 128 Å². The molecule has 7 nitrogen and oxygen atoms in total. The summed E-state index contributed by atoms with van der Waals surface area (Å²) >= 11 is 0. The zero-order valence-corrected chi connectivity index (χ0v) is 32.2. The Morgan fingerprint density at radius 2 is 1.16 bits per heavy atom. The number of para-hydroxylation sites is 3. The molecule has 0 saturated heterocycles. The lowest BCUT2D eigenvalue weighted by molar-refractivity contribution is 1.07. The SMILES string of the molecule is [C-]#[N+]c1cc(-n2c3ccccc3c3cc4c(cc32)[Si](C)(C)c2ccccc2N4c2ccccc2)c(C#N)cc1-c1nc(-c2ccccc2)nc(-c2ccccc2)n1. The molecule has 0 saturated carbocycles. The molecule has 0 radical (unpaired) electrons. The summed E-state index contributed by atoms with van der Waals surface area (Å²) in [6.45, 7) is 13.3. The maximum atomic E-state index is 10.9. The van der Waals surface area contributed by atoms with Crippen molar-refractivity contribution < 1.29 is 0 Å². The molecule has 9 aromatic rings. The summed E-state index contributed by atoms with van der Waals surface area (Å²) in [6.07, 6.45) is 0. The maximum absolute atomic E-state index is 10.9. The fourth-order valence-corrected chi connectivity index (χ4v) is 11.3. The molecule has 0 spiro atoms. The number of anilines is 3. The molecule has 10 rings (SSSR count). The molecule has 2 aromatic heterocycles. The van der Waals surface area contributed by atoms with E-state index in [-0.39, 0.29) is 0 Å². The van der Waals surface area contributed by atoms with Crippen molar-refractivity contribution in [3.05, 3.63) is 181 Å². The predicted molar refractivity (Wildman–Crippen MR) is 233 cm³/mol. The van der Waals surface area contributed by atoms with Gasteiger partial charge in [0.25, 0.3) is 0 Å². The van der Waals surface area contributed by atoms with Crippen LogP contribution in [0.4, 0.5) is 22.7 Å². The second kappa shape index (κ2) is 13.3. The van der Waals surface area contributed by atoms with E-state index >= 15 is 0 Å². The van der Waals surface area contributed by atoms with Crippen molar-refractivity contribution in [1.82, 2.24) is 19.5 Å². The van der Waals surface area contributed by atoms with Gasteiger partial charge in [-0.25, -0.2) is 19.8 Å². The lowest BCUT2D eigenvalue weighted by Crippen LogP contribution is -2.58. The lowest BCUT2D eigenvalue weighted by Gasteiger charge is -2.41. The standard InChI is InChI=1S/C49H33N7Si/c1-51-39-29-42(34(31-50)27-38(39)49-53-47(32-17-7-4-8-18-32)52-48(54-49)33-19-9-5-10-20-33)56-40-24-14-13-23-36(40)37-28-44-46(30-43(37)56)57(2,3)45-26-16-15-25-41(45)55(44)35-21-11-6-12-22-35/h4-30H,2-3H3. The second-order valence-electron chi connectivity index (χ2n) is 14.7. The Labute approximate surface area is 331 Å². The van der Waals surface area contributed by atoms with Gasteiger partial charge in [0.2, 0.25) is 0 Å². The van der Waals surface area contributed by atoms with Gasteiger partial charge in [-0.3, -0.25) is 0 Å². The molecule has 0 bridgehead atoms. The Morgan fingerprint density at radius 1 is 0.561 bits per heavy atom. The molecule has 1 aliphatic rings. The van der Waals surface area contributed by atoms with E-state index in [2.05, 4.69) is 118 Å². The first-order valence-corrected chi connectivity index (χ1v) is 21.8. The second-order valence-corrected chi connectivity index (χ2v) is 19.0. The van der Waals surface area contributed by atoms with Crippen LogP contribution < -0.4 is 15.3 Å². The lowest BCUT2D eigenvalue weighted by atomic mass is 10.0. The zero-order valence-electron chi connectivity index (χ0n) is 31.2. The minimum Gasteiger partial charge on any atom is -0.311 e. The van der Waals surface area contributed by atoms with Gasteiger partial charge in [-0.15, -0.1) is 0 Å². The molecule has 3 heterocycles. The van der Waals surface area contributed by atoms with Crippen LogP contribution in [0.2, 0.25) is 13.1 Å². The van der Waals surface area contributed by atoms with Gasteiger partial charge in [-0.05, 0) is 58.9 Å². The third-order valence-corrected chi connectivity index (χ3v) is 14.6. The third kappa shape index (κ3) is 5.43. The molecule has 0 amide bonds. The summed E-state index contributed by atoms with van der Waals surface area (Å²) in [7, 11) is -2.25. The molecule has 1 aliphatic heterocycles. The average Bonchev–Trinajstić information content (AvgIpc) is 3.59. The van der Waals surface area contributed by atoms with Crippen molar-refractivity contribution in [2.45, 2.75) is 13.1 Å². The number of hydrogen-bond donors (Lipinski definition) is 0. The number of nitrogens with zero attached hydrogens (tertiary/aromatic N) is 7. The van der Waals surface area contributed by atoms with Crippen molar-refractivity contribution in [3.63, 3.8) is 0 Å². The first-order valence-electron chi connectivity index (χ1n) is 18.8. The summed E-state index contributed by atoms with van der Waals surface area (Å²) in [5.41, 5.74) is 8.95. The predicted octanol–water partition coefficient (Wildman–Crippen LogP) is 11.0. The summed E-state index contributed by atoms with van der Waals surface area (Å²) in [5.74, 6) is 1.31. The van der Waals surface area contributed by atoms with E-state index in [0.29, 0.717) is 40.0 Å². The number of rotatable bonds is 5. The molecule has 0 N–H and O–H groups in total. The van der Waals surface area contributed by atoms with Crippen molar-refractivity contribution in [2.24, 2.45) is 0 Å². The van der Waals surface area contributed by atoms with E-state index < -0.39 is 8.07 Å². The van der Waals surface area contributed by atoms with Gasteiger partial charge in [-0.2, -0.15) is 5.26 Å².